The summed E-state index contributed by atoms with van der Waals surface area (Å²) in [4.78, 5) is 22.2. The van der Waals surface area contributed by atoms with Crippen LogP contribution in [0.5, 0.6) is 0 Å². The second-order valence-electron chi connectivity index (χ2n) is 7.35. The fourth-order valence-electron chi connectivity index (χ4n) is 3.32. The Bertz CT molecular complexity index is 1180. The second kappa shape index (κ2) is 8.33. The first-order chi connectivity index (χ1) is 14.4. The first-order valence-electron chi connectivity index (χ1n) is 9.84. The van der Waals surface area contributed by atoms with Gasteiger partial charge >= 0.3 is 0 Å². The lowest BCUT2D eigenvalue weighted by Gasteiger charge is -2.31. The van der Waals surface area contributed by atoms with Gasteiger partial charge in [-0.25, -0.2) is 13.4 Å². The quantitative estimate of drug-likeness (QED) is 0.651. The summed E-state index contributed by atoms with van der Waals surface area (Å²) in [5.74, 6) is -0.346. The van der Waals surface area contributed by atoms with Gasteiger partial charge in [0.1, 0.15) is 0 Å². The minimum Gasteiger partial charge on any atom is -0.345 e. The van der Waals surface area contributed by atoms with Gasteiger partial charge in [0.05, 0.1) is 20.9 Å². The maximum atomic E-state index is 12.7. The first-order valence-corrected chi connectivity index (χ1v) is 12.3. The molecule has 0 atom stereocenters. The summed E-state index contributed by atoms with van der Waals surface area (Å²) < 4.78 is 25.2. The van der Waals surface area contributed by atoms with Gasteiger partial charge in [-0.2, -0.15) is 0 Å². The summed E-state index contributed by atoms with van der Waals surface area (Å²) in [5.41, 5.74) is 1.87. The number of nitrogens with one attached hydrogen (secondary N) is 1. The molecule has 0 spiro atoms. The first kappa shape index (κ1) is 20.8. The Kier molecular flexibility index (Phi) is 5.77. The molecule has 2 aromatic carbocycles. The number of anilines is 2. The molecule has 2 heterocycles. The number of amides is 1. The molecule has 9 heteroatoms. The summed E-state index contributed by atoms with van der Waals surface area (Å²) in [6.45, 7) is 5.53. The van der Waals surface area contributed by atoms with Crippen LogP contribution in [0.1, 0.15) is 17.3 Å². The van der Waals surface area contributed by atoms with Gasteiger partial charge in [-0.05, 0) is 43.4 Å². The third-order valence-electron chi connectivity index (χ3n) is 5.24. The summed E-state index contributed by atoms with van der Waals surface area (Å²) in [5, 5.41) is 3.87. The van der Waals surface area contributed by atoms with Crippen LogP contribution in [0.25, 0.3) is 10.2 Å². The number of carbonyl (C=O) groups is 1. The normalized spacial score (nSPS) is 15.5. The van der Waals surface area contributed by atoms with E-state index in [1.54, 1.807) is 30.4 Å². The lowest BCUT2D eigenvalue weighted by Crippen LogP contribution is -2.44. The summed E-state index contributed by atoms with van der Waals surface area (Å²) in [7, 11) is -1.24. The number of hydrogen-bond donors (Lipinski definition) is 1. The smallest absolute Gasteiger partial charge is 0.255 e. The number of rotatable bonds is 5. The van der Waals surface area contributed by atoms with Gasteiger partial charge in [0.25, 0.3) is 5.91 Å². The number of nitrogens with zero attached hydrogens (tertiary/aromatic N) is 3. The van der Waals surface area contributed by atoms with E-state index in [1.807, 2.05) is 18.2 Å². The number of fused-ring (bicyclic) bond motifs is 1. The van der Waals surface area contributed by atoms with Crippen LogP contribution in [0.3, 0.4) is 0 Å². The standard InChI is InChI=1S/C21H24N4O3S2/c1-3-30(27,28)17-6-4-5-15(13-17)20(26)22-16-7-8-18-19(14-16)29-21(23-18)25-11-9-24(2)10-12-25/h4-8,13-14H,3,9-12H2,1-2H3,(H,22,26). The maximum Gasteiger partial charge on any atom is 0.255 e. The SMILES string of the molecule is CCS(=O)(=O)c1cccc(C(=O)Nc2ccc3nc(N4CCN(C)CC4)sc3c2)c1. The van der Waals surface area contributed by atoms with Crippen LogP contribution in [0.15, 0.2) is 47.4 Å². The van der Waals surface area contributed by atoms with E-state index in [0.29, 0.717) is 11.3 Å². The fourth-order valence-corrected chi connectivity index (χ4v) is 5.31. The van der Waals surface area contributed by atoms with Crippen LogP contribution in [-0.2, 0) is 9.84 Å². The predicted molar refractivity (Wildman–Crippen MR) is 121 cm³/mol. The Labute approximate surface area is 180 Å². The molecule has 0 radical (unpaired) electrons. The average Bonchev–Trinajstić information content (AvgIpc) is 3.17. The van der Waals surface area contributed by atoms with Crippen LogP contribution < -0.4 is 10.2 Å². The molecular weight excluding hydrogens is 420 g/mol. The van der Waals surface area contributed by atoms with E-state index >= 15 is 0 Å². The molecule has 0 aliphatic carbocycles. The molecule has 1 amide bonds. The van der Waals surface area contributed by atoms with Gasteiger partial charge in [0.2, 0.25) is 0 Å². The van der Waals surface area contributed by atoms with Crippen molar-refractivity contribution < 1.29 is 13.2 Å². The van der Waals surface area contributed by atoms with Crippen LogP contribution in [0.2, 0.25) is 0 Å². The molecule has 0 bridgehead atoms. The summed E-state index contributed by atoms with van der Waals surface area (Å²) in [6, 6.07) is 11.8. The molecule has 30 heavy (non-hydrogen) atoms. The van der Waals surface area contributed by atoms with Crippen molar-refractivity contribution in [2.75, 3.05) is 49.2 Å². The van der Waals surface area contributed by atoms with E-state index in [0.717, 1.165) is 41.5 Å². The number of likely N-dealkylation sites (N-methyl/N-ethyl adjacent to an activating group) is 1. The van der Waals surface area contributed by atoms with Gasteiger partial charge in [-0.3, -0.25) is 4.79 Å². The molecule has 1 N–H and O–H groups in total. The Morgan fingerprint density at radius 3 is 2.63 bits per heavy atom. The van der Waals surface area contributed by atoms with Crippen molar-refractivity contribution >= 4 is 48.1 Å². The Morgan fingerprint density at radius 1 is 1.13 bits per heavy atom. The highest BCUT2D eigenvalue weighted by Gasteiger charge is 2.18. The third-order valence-corrected chi connectivity index (χ3v) is 8.06. The van der Waals surface area contributed by atoms with Crippen LogP contribution in [-0.4, -0.2) is 63.2 Å². The van der Waals surface area contributed by atoms with Crippen LogP contribution >= 0.6 is 11.3 Å². The average molecular weight is 445 g/mol. The molecule has 3 aromatic rings. The molecule has 1 fully saturated rings. The van der Waals surface area contributed by atoms with Crippen molar-refractivity contribution in [1.29, 1.82) is 0 Å². The van der Waals surface area contributed by atoms with Gasteiger partial charge in [0, 0.05) is 37.4 Å². The Balaban J connectivity index is 1.53. The van der Waals surface area contributed by atoms with E-state index in [2.05, 4.69) is 22.2 Å². The van der Waals surface area contributed by atoms with E-state index in [9.17, 15) is 13.2 Å². The Morgan fingerprint density at radius 2 is 1.90 bits per heavy atom. The molecule has 1 aliphatic heterocycles. The maximum absolute atomic E-state index is 12.7. The van der Waals surface area contributed by atoms with E-state index in [4.69, 9.17) is 4.98 Å². The summed E-state index contributed by atoms with van der Waals surface area (Å²) >= 11 is 1.62. The minimum atomic E-state index is -3.36. The molecule has 7 nitrogen and oxygen atoms in total. The van der Waals surface area contributed by atoms with E-state index in [1.165, 1.54) is 12.1 Å². The molecule has 1 aliphatic rings. The molecule has 1 aromatic heterocycles. The number of thiazole rings is 1. The highest BCUT2D eigenvalue weighted by Crippen LogP contribution is 2.31. The van der Waals surface area contributed by atoms with Crippen molar-refractivity contribution in [3.8, 4) is 0 Å². The van der Waals surface area contributed by atoms with Crippen LogP contribution in [0, 0.1) is 0 Å². The van der Waals surface area contributed by atoms with Crippen molar-refractivity contribution in [3.05, 3.63) is 48.0 Å². The molecule has 1 saturated heterocycles. The third kappa shape index (κ3) is 4.33. The zero-order chi connectivity index (χ0) is 21.3. The molecule has 0 saturated carbocycles. The minimum absolute atomic E-state index is 0.00421. The number of piperazine rings is 1. The highest BCUT2D eigenvalue weighted by atomic mass is 32.2. The van der Waals surface area contributed by atoms with E-state index < -0.39 is 9.84 Å². The second-order valence-corrected chi connectivity index (χ2v) is 10.6. The zero-order valence-electron chi connectivity index (χ0n) is 17.0. The summed E-state index contributed by atoms with van der Waals surface area (Å²) in [6.07, 6.45) is 0. The van der Waals surface area contributed by atoms with Gasteiger partial charge in [0.15, 0.2) is 15.0 Å². The molecule has 0 unspecified atom stereocenters. The number of hydrogen-bond acceptors (Lipinski definition) is 7. The molecular formula is C21H24N4O3S2. The Hall–Kier alpha value is -2.49. The zero-order valence-corrected chi connectivity index (χ0v) is 18.6. The topological polar surface area (TPSA) is 82.6 Å². The van der Waals surface area contributed by atoms with Gasteiger partial charge < -0.3 is 15.1 Å². The largest absolute Gasteiger partial charge is 0.345 e. The lowest BCUT2D eigenvalue weighted by molar-refractivity contribution is 0.102. The van der Waals surface area contributed by atoms with Crippen molar-refractivity contribution in [2.24, 2.45) is 0 Å². The van der Waals surface area contributed by atoms with E-state index in [-0.39, 0.29) is 16.6 Å². The van der Waals surface area contributed by atoms with Gasteiger partial charge in [-0.15, -0.1) is 0 Å². The fraction of sp³-hybridized carbons (Fsp3) is 0.333. The van der Waals surface area contributed by atoms with Crippen molar-refractivity contribution in [3.63, 3.8) is 0 Å². The van der Waals surface area contributed by atoms with Gasteiger partial charge in [-0.1, -0.05) is 24.3 Å². The number of aromatic nitrogens is 1. The molecule has 158 valence electrons. The monoisotopic (exact) mass is 444 g/mol. The number of benzene rings is 2. The number of sulfone groups is 1. The van der Waals surface area contributed by atoms with Crippen LogP contribution in [0.4, 0.5) is 10.8 Å². The lowest BCUT2D eigenvalue weighted by atomic mass is 10.2. The van der Waals surface area contributed by atoms with Crippen molar-refractivity contribution in [1.82, 2.24) is 9.88 Å². The highest BCUT2D eigenvalue weighted by molar-refractivity contribution is 7.91. The van der Waals surface area contributed by atoms with Crippen molar-refractivity contribution in [2.45, 2.75) is 11.8 Å². The predicted octanol–water partition coefficient (Wildman–Crippen LogP) is 3.09. The molecule has 4 rings (SSSR count). The number of carbonyl (C=O) groups excluding carboxylic acids is 1.